The lowest BCUT2D eigenvalue weighted by Gasteiger charge is -2.54. The smallest absolute Gasteiger partial charge is 0.453 e. The monoisotopic (exact) mass is 649 g/mol. The number of alkyl halides is 3. The molecular formula is C34H38F3N7O3. The van der Waals surface area contributed by atoms with Crippen LogP contribution in [0.2, 0.25) is 0 Å². The summed E-state index contributed by atoms with van der Waals surface area (Å²) in [7, 11) is 1.53. The molecule has 0 bridgehead atoms. The van der Waals surface area contributed by atoms with E-state index in [-0.39, 0.29) is 29.6 Å². The summed E-state index contributed by atoms with van der Waals surface area (Å²) in [5.74, 6) is -0.998. The Bertz CT molecular complexity index is 1640. The zero-order valence-electron chi connectivity index (χ0n) is 26.5. The molecule has 6 rings (SSSR count). The topological polar surface area (TPSA) is 99.8 Å². The van der Waals surface area contributed by atoms with E-state index >= 15 is 0 Å². The minimum Gasteiger partial charge on any atom is -0.496 e. The molecule has 13 heteroatoms. The number of fused-ring (bicyclic) bond motifs is 1. The molecule has 4 aromatic rings. The fourth-order valence-corrected chi connectivity index (χ4v) is 6.96. The molecule has 10 nitrogen and oxygen atoms in total. The van der Waals surface area contributed by atoms with Crippen molar-refractivity contribution < 1.29 is 27.8 Å². The van der Waals surface area contributed by atoms with Crippen LogP contribution < -0.4 is 4.74 Å². The molecule has 3 heterocycles. The van der Waals surface area contributed by atoms with Crippen molar-refractivity contribution in [1.82, 2.24) is 34.9 Å². The molecule has 47 heavy (non-hydrogen) atoms. The highest BCUT2D eigenvalue weighted by molar-refractivity contribution is 5.84. The second kappa shape index (κ2) is 13.1. The second-order valence-corrected chi connectivity index (χ2v) is 12.7. The zero-order valence-corrected chi connectivity index (χ0v) is 26.5. The SMILES string of the molecule is COc1ccc(-n2nnnc2C(F)(F)F)cc1CN1C[C@@H]2CN(C(=O)C(C)(C)O)CCN2[C@H](C(c2ccccc2)c2ccccc2)C1. The van der Waals surface area contributed by atoms with Gasteiger partial charge in [0.25, 0.3) is 11.7 Å². The molecule has 2 atom stereocenters. The lowest BCUT2D eigenvalue weighted by molar-refractivity contribution is -0.153. The van der Waals surface area contributed by atoms with E-state index in [0.717, 1.165) is 11.1 Å². The number of methoxy groups -OCH3 is 1. The lowest BCUT2D eigenvalue weighted by Crippen LogP contribution is -2.68. The van der Waals surface area contributed by atoms with Crippen molar-refractivity contribution in [1.29, 1.82) is 0 Å². The minimum atomic E-state index is -4.73. The number of hydrogen-bond acceptors (Lipinski definition) is 8. The van der Waals surface area contributed by atoms with E-state index < -0.39 is 17.6 Å². The summed E-state index contributed by atoms with van der Waals surface area (Å²) in [5.41, 5.74) is 1.68. The predicted molar refractivity (Wildman–Crippen MR) is 168 cm³/mol. The number of carbonyl (C=O) groups excluding carboxylic acids is 1. The molecule has 0 unspecified atom stereocenters. The van der Waals surface area contributed by atoms with Crippen molar-refractivity contribution >= 4 is 5.91 Å². The number of carbonyl (C=O) groups is 1. The fourth-order valence-electron chi connectivity index (χ4n) is 6.96. The maximum Gasteiger partial charge on any atom is 0.453 e. The molecule has 2 aliphatic rings. The van der Waals surface area contributed by atoms with Gasteiger partial charge >= 0.3 is 6.18 Å². The standard InChI is InChI=1S/C34H38F3N7O3/c1-33(2,46)32(45)42-16-17-43-27(21-42)20-41(22-28(43)30(23-10-6-4-7-11-23)24-12-8-5-9-13-24)19-25-18-26(14-15-29(25)47-3)44-31(34(35,36)37)38-39-40-44/h4-15,18,27-28,30,46H,16-17,19-22H2,1-3H3/t27-,28+/m1/s1. The summed E-state index contributed by atoms with van der Waals surface area (Å²) in [6.07, 6.45) is -4.73. The summed E-state index contributed by atoms with van der Waals surface area (Å²) in [4.78, 5) is 19.7. The van der Waals surface area contributed by atoms with Gasteiger partial charge in [0.2, 0.25) is 0 Å². The van der Waals surface area contributed by atoms with E-state index in [9.17, 15) is 23.1 Å². The van der Waals surface area contributed by atoms with Gasteiger partial charge in [-0.25, -0.2) is 0 Å². The van der Waals surface area contributed by atoms with E-state index in [1.165, 1.54) is 27.0 Å². The quantitative estimate of drug-likeness (QED) is 0.306. The van der Waals surface area contributed by atoms with Crippen LogP contribution in [0.25, 0.3) is 5.69 Å². The van der Waals surface area contributed by atoms with Gasteiger partial charge < -0.3 is 14.7 Å². The summed E-state index contributed by atoms with van der Waals surface area (Å²) < 4.78 is 47.3. The summed E-state index contributed by atoms with van der Waals surface area (Å²) in [6.45, 7) is 6.19. The predicted octanol–water partition coefficient (Wildman–Crippen LogP) is 3.99. The average Bonchev–Trinajstić information content (AvgIpc) is 3.56. The van der Waals surface area contributed by atoms with Crippen molar-refractivity contribution in [3.8, 4) is 11.4 Å². The van der Waals surface area contributed by atoms with E-state index in [2.05, 4.69) is 49.6 Å². The van der Waals surface area contributed by atoms with Crippen LogP contribution in [-0.2, 0) is 17.5 Å². The van der Waals surface area contributed by atoms with Crippen LogP contribution in [0.3, 0.4) is 0 Å². The van der Waals surface area contributed by atoms with Crippen LogP contribution in [0.5, 0.6) is 5.75 Å². The number of rotatable bonds is 8. The highest BCUT2D eigenvalue weighted by Gasteiger charge is 2.44. The zero-order chi connectivity index (χ0) is 33.3. The number of ether oxygens (including phenoxy) is 1. The number of aromatic nitrogens is 4. The van der Waals surface area contributed by atoms with Crippen molar-refractivity contribution in [3.63, 3.8) is 0 Å². The molecule has 0 radical (unpaired) electrons. The van der Waals surface area contributed by atoms with Gasteiger partial charge in [-0.3, -0.25) is 14.6 Å². The largest absolute Gasteiger partial charge is 0.496 e. The molecule has 0 spiro atoms. The Balaban J connectivity index is 1.38. The van der Waals surface area contributed by atoms with E-state index in [4.69, 9.17) is 4.74 Å². The van der Waals surface area contributed by atoms with E-state index in [1.54, 1.807) is 17.0 Å². The third-order valence-corrected chi connectivity index (χ3v) is 9.01. The Morgan fingerprint density at radius 1 is 0.957 bits per heavy atom. The highest BCUT2D eigenvalue weighted by atomic mass is 19.4. The van der Waals surface area contributed by atoms with E-state index in [1.807, 2.05) is 36.4 Å². The van der Waals surface area contributed by atoms with Gasteiger partial charge in [0.05, 0.1) is 12.8 Å². The summed E-state index contributed by atoms with van der Waals surface area (Å²) in [6, 6.07) is 25.4. The first-order chi connectivity index (χ1) is 22.4. The number of halogens is 3. The maximum atomic E-state index is 13.7. The maximum absolute atomic E-state index is 13.7. The molecule has 2 aliphatic heterocycles. The van der Waals surface area contributed by atoms with E-state index in [0.29, 0.717) is 55.3 Å². The Labute approximate surface area is 271 Å². The van der Waals surface area contributed by atoms with Gasteiger partial charge in [-0.05, 0) is 53.6 Å². The first-order valence-electron chi connectivity index (χ1n) is 15.6. The first kappa shape index (κ1) is 32.6. The van der Waals surface area contributed by atoms with Crippen LogP contribution in [0.15, 0.2) is 78.9 Å². The average molecular weight is 650 g/mol. The minimum absolute atomic E-state index is 0.00281. The molecule has 2 fully saturated rings. The Morgan fingerprint density at radius 3 is 2.21 bits per heavy atom. The van der Waals surface area contributed by atoms with Crippen LogP contribution in [0, 0.1) is 0 Å². The Morgan fingerprint density at radius 2 is 1.62 bits per heavy atom. The third-order valence-electron chi connectivity index (χ3n) is 9.01. The molecule has 248 valence electrons. The number of nitrogens with zero attached hydrogens (tertiary/aromatic N) is 7. The van der Waals surface area contributed by atoms with Gasteiger partial charge in [-0.1, -0.05) is 60.7 Å². The highest BCUT2D eigenvalue weighted by Crippen LogP contribution is 2.37. The van der Waals surface area contributed by atoms with Crippen molar-refractivity contribution in [2.24, 2.45) is 0 Å². The van der Waals surface area contributed by atoms with Crippen LogP contribution in [0.1, 0.15) is 42.3 Å². The number of benzene rings is 3. The number of tetrazole rings is 1. The van der Waals surface area contributed by atoms with Gasteiger partial charge in [0.15, 0.2) is 0 Å². The first-order valence-corrected chi connectivity index (χ1v) is 15.6. The molecule has 0 saturated carbocycles. The van der Waals surface area contributed by atoms with Crippen molar-refractivity contribution in [3.05, 3.63) is 101 Å². The Kier molecular flexibility index (Phi) is 9.05. The van der Waals surface area contributed by atoms with Gasteiger partial charge in [0, 0.05) is 62.8 Å². The van der Waals surface area contributed by atoms with Crippen LogP contribution in [0.4, 0.5) is 13.2 Å². The van der Waals surface area contributed by atoms with Crippen LogP contribution >= 0.6 is 0 Å². The molecular weight excluding hydrogens is 611 g/mol. The number of hydrogen-bond donors (Lipinski definition) is 1. The molecule has 0 aliphatic carbocycles. The number of aliphatic hydroxyl groups is 1. The molecule has 1 amide bonds. The third kappa shape index (κ3) is 6.87. The Hall–Kier alpha value is -4.33. The van der Waals surface area contributed by atoms with Gasteiger partial charge in [-0.15, -0.1) is 5.10 Å². The van der Waals surface area contributed by atoms with Crippen LogP contribution in [-0.4, -0.2) is 103 Å². The normalized spacial score (nSPS) is 19.5. The van der Waals surface area contributed by atoms with Gasteiger partial charge in [-0.2, -0.15) is 17.9 Å². The summed E-state index contributed by atoms with van der Waals surface area (Å²) >= 11 is 0. The molecule has 2 saturated heterocycles. The van der Waals surface area contributed by atoms with Gasteiger partial charge in [0.1, 0.15) is 11.4 Å². The lowest BCUT2D eigenvalue weighted by atomic mass is 9.81. The molecule has 1 aromatic heterocycles. The fraction of sp³-hybridized carbons (Fsp3) is 0.412. The molecule has 1 N–H and O–H groups in total. The second-order valence-electron chi connectivity index (χ2n) is 12.7. The van der Waals surface area contributed by atoms with Crippen molar-refractivity contribution in [2.75, 3.05) is 39.8 Å². The number of amides is 1. The van der Waals surface area contributed by atoms with Crippen molar-refractivity contribution in [2.45, 2.75) is 50.2 Å². The number of piperazine rings is 2. The molecule has 3 aromatic carbocycles. The summed E-state index contributed by atoms with van der Waals surface area (Å²) in [5, 5.41) is 20.6.